The topological polar surface area (TPSA) is 74.2 Å². The van der Waals surface area contributed by atoms with Crippen LogP contribution in [0.3, 0.4) is 0 Å². The van der Waals surface area contributed by atoms with Crippen molar-refractivity contribution in [3.8, 4) is 0 Å². The molecule has 4 heterocycles. The molecule has 2 aromatic heterocycles. The fourth-order valence-corrected chi connectivity index (χ4v) is 4.31. The molecule has 2 aromatic rings. The molecule has 7 nitrogen and oxygen atoms in total. The van der Waals surface area contributed by atoms with Gasteiger partial charge >= 0.3 is 0 Å². The fraction of sp³-hybridized carbons (Fsp3) is 0.545. The van der Waals surface area contributed by atoms with Gasteiger partial charge in [0, 0.05) is 57.0 Å². The van der Waals surface area contributed by atoms with Crippen molar-refractivity contribution in [2.24, 2.45) is 0 Å². The van der Waals surface area contributed by atoms with E-state index in [1.165, 1.54) is 5.56 Å². The van der Waals surface area contributed by atoms with Crippen LogP contribution in [-0.2, 0) is 24.2 Å². The quantitative estimate of drug-likeness (QED) is 0.840. The van der Waals surface area contributed by atoms with Crippen LogP contribution in [0.1, 0.15) is 55.0 Å². The normalized spacial score (nSPS) is 19.7. The molecule has 7 heteroatoms. The Kier molecular flexibility index (Phi) is 6.04. The lowest BCUT2D eigenvalue weighted by molar-refractivity contribution is -0.132. The van der Waals surface area contributed by atoms with Crippen molar-refractivity contribution in [2.75, 3.05) is 32.0 Å². The molecule has 1 N–H and O–H groups in total. The Bertz CT molecular complexity index is 856. The Morgan fingerprint density at radius 3 is 2.93 bits per heavy atom. The van der Waals surface area contributed by atoms with E-state index in [-0.39, 0.29) is 11.9 Å². The van der Waals surface area contributed by atoms with Crippen LogP contribution in [0.2, 0.25) is 0 Å². The second-order valence-corrected chi connectivity index (χ2v) is 8.07. The number of carbonyl (C=O) groups is 1. The number of likely N-dealkylation sites (tertiary alicyclic amines) is 1. The van der Waals surface area contributed by atoms with E-state index in [4.69, 9.17) is 9.97 Å². The average molecular weight is 395 g/mol. The first-order valence-electron chi connectivity index (χ1n) is 10.6. The molecule has 29 heavy (non-hydrogen) atoms. The molecule has 1 saturated heterocycles. The van der Waals surface area contributed by atoms with Crippen molar-refractivity contribution in [3.05, 3.63) is 47.2 Å². The standard InChI is InChI=1S/C22H30N6O/c1-16(29)28-13-6-4-8-20(28)22-25-19-15-27(2)14-10-18(19)21(26-22)24-12-9-17-7-3-5-11-23-17/h3,5,7,11,20H,4,6,8-10,12-15H2,1-2H3,(H,24,25,26)/t20-/m1/s1. The summed E-state index contributed by atoms with van der Waals surface area (Å²) in [5, 5.41) is 3.55. The van der Waals surface area contributed by atoms with Crippen LogP contribution < -0.4 is 5.32 Å². The minimum Gasteiger partial charge on any atom is -0.369 e. The number of likely N-dealkylation sites (N-methyl/N-ethyl adjacent to an activating group) is 1. The predicted octanol–water partition coefficient (Wildman–Crippen LogP) is 2.59. The maximum absolute atomic E-state index is 12.2. The molecule has 0 unspecified atom stereocenters. The number of anilines is 1. The number of piperidine rings is 1. The van der Waals surface area contributed by atoms with Crippen molar-refractivity contribution >= 4 is 11.7 Å². The van der Waals surface area contributed by atoms with Crippen LogP contribution >= 0.6 is 0 Å². The number of nitrogens with zero attached hydrogens (tertiary/aromatic N) is 5. The van der Waals surface area contributed by atoms with Gasteiger partial charge in [-0.2, -0.15) is 0 Å². The first-order valence-corrected chi connectivity index (χ1v) is 10.6. The van der Waals surface area contributed by atoms with Crippen molar-refractivity contribution in [1.82, 2.24) is 24.8 Å². The summed E-state index contributed by atoms with van der Waals surface area (Å²) in [6, 6.07) is 5.98. The van der Waals surface area contributed by atoms with E-state index < -0.39 is 0 Å². The smallest absolute Gasteiger partial charge is 0.220 e. The van der Waals surface area contributed by atoms with Gasteiger partial charge in [-0.25, -0.2) is 9.97 Å². The summed E-state index contributed by atoms with van der Waals surface area (Å²) in [4.78, 5) is 30.7. The van der Waals surface area contributed by atoms with E-state index >= 15 is 0 Å². The lowest BCUT2D eigenvalue weighted by Crippen LogP contribution is -2.38. The van der Waals surface area contributed by atoms with Crippen molar-refractivity contribution in [3.63, 3.8) is 0 Å². The molecule has 154 valence electrons. The first-order chi connectivity index (χ1) is 14.1. The van der Waals surface area contributed by atoms with Gasteiger partial charge < -0.3 is 15.1 Å². The molecule has 0 saturated carbocycles. The monoisotopic (exact) mass is 394 g/mol. The van der Waals surface area contributed by atoms with Crippen LogP contribution in [-0.4, -0.2) is 57.3 Å². The van der Waals surface area contributed by atoms with Gasteiger partial charge in [0.05, 0.1) is 11.7 Å². The summed E-state index contributed by atoms with van der Waals surface area (Å²) < 4.78 is 0. The molecule has 1 amide bonds. The van der Waals surface area contributed by atoms with E-state index in [2.05, 4.69) is 22.2 Å². The van der Waals surface area contributed by atoms with Gasteiger partial charge in [0.25, 0.3) is 0 Å². The molecule has 0 aromatic carbocycles. The summed E-state index contributed by atoms with van der Waals surface area (Å²) in [6.45, 7) is 5.05. The van der Waals surface area contributed by atoms with E-state index in [9.17, 15) is 4.79 Å². The molecule has 2 aliphatic heterocycles. The number of carbonyl (C=O) groups excluding carboxylic acids is 1. The van der Waals surface area contributed by atoms with Crippen molar-refractivity contribution < 1.29 is 4.79 Å². The Hall–Kier alpha value is -2.54. The van der Waals surface area contributed by atoms with Crippen LogP contribution in [0.4, 0.5) is 5.82 Å². The number of amides is 1. The SMILES string of the molecule is CC(=O)N1CCCC[C@@H]1c1nc2c(c(NCCc3ccccn3)n1)CCN(C)C2. The summed E-state index contributed by atoms with van der Waals surface area (Å²) in [7, 11) is 2.13. The minimum absolute atomic E-state index is 0.0184. The third-order valence-corrected chi connectivity index (χ3v) is 5.88. The number of rotatable bonds is 5. The Morgan fingerprint density at radius 2 is 2.14 bits per heavy atom. The Labute approximate surface area is 172 Å². The number of hydrogen-bond donors (Lipinski definition) is 1. The Balaban J connectivity index is 1.60. The van der Waals surface area contributed by atoms with Crippen LogP contribution in [0.15, 0.2) is 24.4 Å². The minimum atomic E-state index is -0.0184. The summed E-state index contributed by atoms with van der Waals surface area (Å²) in [5.74, 6) is 1.83. The highest BCUT2D eigenvalue weighted by Crippen LogP contribution is 2.32. The van der Waals surface area contributed by atoms with Crippen LogP contribution in [0.5, 0.6) is 0 Å². The number of pyridine rings is 1. The van der Waals surface area contributed by atoms with Gasteiger partial charge in [-0.1, -0.05) is 6.07 Å². The summed E-state index contributed by atoms with van der Waals surface area (Å²) >= 11 is 0. The molecule has 2 aliphatic rings. The molecular formula is C22H30N6O. The van der Waals surface area contributed by atoms with Gasteiger partial charge in [0.2, 0.25) is 5.91 Å². The second-order valence-electron chi connectivity index (χ2n) is 8.07. The zero-order chi connectivity index (χ0) is 20.2. The maximum atomic E-state index is 12.2. The number of nitrogens with one attached hydrogen (secondary N) is 1. The summed E-state index contributed by atoms with van der Waals surface area (Å²) in [6.07, 6.45) is 6.71. The molecule has 0 bridgehead atoms. The molecule has 0 radical (unpaired) electrons. The van der Waals surface area contributed by atoms with Gasteiger partial charge in [0.15, 0.2) is 5.82 Å². The molecule has 1 fully saturated rings. The van der Waals surface area contributed by atoms with E-state index in [0.717, 1.165) is 81.3 Å². The largest absolute Gasteiger partial charge is 0.369 e. The highest BCUT2D eigenvalue weighted by atomic mass is 16.2. The average Bonchev–Trinajstić information content (AvgIpc) is 2.74. The molecule has 1 atom stereocenters. The summed E-state index contributed by atoms with van der Waals surface area (Å²) in [5.41, 5.74) is 3.38. The predicted molar refractivity (Wildman–Crippen MR) is 112 cm³/mol. The number of hydrogen-bond acceptors (Lipinski definition) is 6. The van der Waals surface area contributed by atoms with E-state index in [1.807, 2.05) is 29.3 Å². The van der Waals surface area contributed by atoms with Gasteiger partial charge in [0.1, 0.15) is 5.82 Å². The third-order valence-electron chi connectivity index (χ3n) is 5.88. The van der Waals surface area contributed by atoms with Crippen LogP contribution in [0, 0.1) is 0 Å². The van der Waals surface area contributed by atoms with Gasteiger partial charge in [-0.05, 0) is 44.9 Å². The van der Waals surface area contributed by atoms with Gasteiger partial charge in [-0.15, -0.1) is 0 Å². The maximum Gasteiger partial charge on any atom is 0.220 e. The zero-order valence-corrected chi connectivity index (χ0v) is 17.4. The lowest BCUT2D eigenvalue weighted by atomic mass is 10.00. The lowest BCUT2D eigenvalue weighted by Gasteiger charge is -2.35. The van der Waals surface area contributed by atoms with Gasteiger partial charge in [-0.3, -0.25) is 9.78 Å². The van der Waals surface area contributed by atoms with Crippen molar-refractivity contribution in [1.29, 1.82) is 0 Å². The molecular weight excluding hydrogens is 364 g/mol. The number of fused-ring (bicyclic) bond motifs is 1. The molecule has 0 spiro atoms. The fourth-order valence-electron chi connectivity index (χ4n) is 4.31. The Morgan fingerprint density at radius 1 is 1.24 bits per heavy atom. The zero-order valence-electron chi connectivity index (χ0n) is 17.4. The molecule has 0 aliphatic carbocycles. The van der Waals surface area contributed by atoms with Crippen LogP contribution in [0.25, 0.3) is 0 Å². The second kappa shape index (κ2) is 8.86. The van der Waals surface area contributed by atoms with E-state index in [1.54, 1.807) is 6.92 Å². The first kappa shape index (κ1) is 19.8. The third kappa shape index (κ3) is 4.56. The highest BCUT2D eigenvalue weighted by Gasteiger charge is 2.30. The number of aromatic nitrogens is 3. The molecule has 4 rings (SSSR count). The van der Waals surface area contributed by atoms with E-state index in [0.29, 0.717) is 0 Å². The highest BCUT2D eigenvalue weighted by molar-refractivity contribution is 5.73. The van der Waals surface area contributed by atoms with Crippen molar-refractivity contribution in [2.45, 2.75) is 51.6 Å².